The van der Waals surface area contributed by atoms with Gasteiger partial charge in [-0.15, -0.1) is 0 Å². The molecule has 2 nitrogen and oxygen atoms in total. The van der Waals surface area contributed by atoms with E-state index in [2.05, 4.69) is 5.32 Å². The number of nitriles is 1. The van der Waals surface area contributed by atoms with Crippen molar-refractivity contribution >= 4 is 0 Å². The number of alkyl halides is 3. The molecule has 1 rings (SSSR count). The quantitative estimate of drug-likeness (QED) is 0.884. The Bertz CT molecular complexity index is 430. The van der Waals surface area contributed by atoms with Crippen LogP contribution in [0.15, 0.2) is 18.2 Å². The van der Waals surface area contributed by atoms with Gasteiger partial charge in [0.2, 0.25) is 0 Å². The molecule has 0 heterocycles. The zero-order valence-electron chi connectivity index (χ0n) is 9.60. The van der Waals surface area contributed by atoms with E-state index in [0.717, 1.165) is 12.1 Å². The monoisotopic (exact) mass is 242 g/mol. The third-order valence-corrected chi connectivity index (χ3v) is 2.16. The van der Waals surface area contributed by atoms with Crippen molar-refractivity contribution in [3.8, 4) is 6.07 Å². The number of nitrogens with zero attached hydrogens (tertiary/aromatic N) is 1. The van der Waals surface area contributed by atoms with Crippen LogP contribution in [-0.2, 0) is 12.7 Å². The smallest absolute Gasteiger partial charge is 0.310 e. The van der Waals surface area contributed by atoms with Gasteiger partial charge in [0.1, 0.15) is 0 Å². The van der Waals surface area contributed by atoms with Gasteiger partial charge in [0.15, 0.2) is 0 Å². The van der Waals surface area contributed by atoms with Gasteiger partial charge in [-0.1, -0.05) is 13.8 Å². The van der Waals surface area contributed by atoms with Crippen molar-refractivity contribution in [2.45, 2.75) is 32.6 Å². The molecular weight excluding hydrogens is 229 g/mol. The average molecular weight is 242 g/mol. The number of rotatable bonds is 3. The Morgan fingerprint density at radius 3 is 2.41 bits per heavy atom. The minimum Gasteiger partial charge on any atom is -0.310 e. The van der Waals surface area contributed by atoms with Gasteiger partial charge in [-0.3, -0.25) is 0 Å². The minimum atomic E-state index is -4.42. The molecular formula is C12H13F3N2. The van der Waals surface area contributed by atoms with Crippen LogP contribution < -0.4 is 5.32 Å². The van der Waals surface area contributed by atoms with Gasteiger partial charge in [-0.2, -0.15) is 18.4 Å². The van der Waals surface area contributed by atoms with Gasteiger partial charge in [0.05, 0.1) is 17.2 Å². The largest absolute Gasteiger partial charge is 0.416 e. The van der Waals surface area contributed by atoms with Crippen LogP contribution in [0, 0.1) is 11.3 Å². The van der Waals surface area contributed by atoms with E-state index in [0.29, 0.717) is 12.1 Å². The van der Waals surface area contributed by atoms with Crippen molar-refractivity contribution in [2.75, 3.05) is 0 Å². The fourth-order valence-electron chi connectivity index (χ4n) is 1.34. The Labute approximate surface area is 98.1 Å². The average Bonchev–Trinajstić information content (AvgIpc) is 2.24. The molecule has 0 saturated heterocycles. The number of benzene rings is 1. The standard InChI is InChI=1S/C12H13F3N2/c1-8(2)17-7-10-3-9(6-16)4-11(5-10)12(13,14)15/h3-5,8,17H,7H2,1-2H3. The maximum Gasteiger partial charge on any atom is 0.416 e. The summed E-state index contributed by atoms with van der Waals surface area (Å²) >= 11 is 0. The molecule has 0 fully saturated rings. The Balaban J connectivity index is 3.03. The van der Waals surface area contributed by atoms with Crippen molar-refractivity contribution < 1.29 is 13.2 Å². The van der Waals surface area contributed by atoms with Gasteiger partial charge in [-0.05, 0) is 23.8 Å². The third kappa shape index (κ3) is 4.08. The van der Waals surface area contributed by atoms with Crippen LogP contribution in [0.1, 0.15) is 30.5 Å². The van der Waals surface area contributed by atoms with Crippen LogP contribution in [0.25, 0.3) is 0 Å². The third-order valence-electron chi connectivity index (χ3n) is 2.16. The van der Waals surface area contributed by atoms with Crippen molar-refractivity contribution in [1.82, 2.24) is 5.32 Å². The van der Waals surface area contributed by atoms with Crippen LogP contribution in [0.2, 0.25) is 0 Å². The lowest BCUT2D eigenvalue weighted by Crippen LogP contribution is -2.22. The molecule has 0 aliphatic rings. The lowest BCUT2D eigenvalue weighted by Gasteiger charge is -2.12. The van der Waals surface area contributed by atoms with E-state index in [4.69, 9.17) is 5.26 Å². The predicted octanol–water partition coefficient (Wildman–Crippen LogP) is 3.08. The second kappa shape index (κ2) is 5.19. The SMILES string of the molecule is CC(C)NCc1cc(C#N)cc(C(F)(F)F)c1. The normalized spacial score (nSPS) is 11.6. The molecule has 0 saturated carbocycles. The highest BCUT2D eigenvalue weighted by Gasteiger charge is 2.31. The molecule has 0 spiro atoms. The summed E-state index contributed by atoms with van der Waals surface area (Å²) in [6, 6.07) is 5.30. The summed E-state index contributed by atoms with van der Waals surface area (Å²) in [6.45, 7) is 4.12. The molecule has 0 aromatic heterocycles. The molecule has 17 heavy (non-hydrogen) atoms. The van der Waals surface area contributed by atoms with Crippen molar-refractivity contribution in [3.63, 3.8) is 0 Å². The lowest BCUT2D eigenvalue weighted by molar-refractivity contribution is -0.137. The molecule has 0 aliphatic heterocycles. The zero-order chi connectivity index (χ0) is 13.1. The molecule has 1 N–H and O–H groups in total. The second-order valence-electron chi connectivity index (χ2n) is 4.06. The molecule has 1 aromatic rings. The van der Waals surface area contributed by atoms with Crippen molar-refractivity contribution in [2.24, 2.45) is 0 Å². The Hall–Kier alpha value is -1.54. The molecule has 92 valence electrons. The van der Waals surface area contributed by atoms with Gasteiger partial charge in [0.25, 0.3) is 0 Å². The maximum absolute atomic E-state index is 12.6. The second-order valence-corrected chi connectivity index (χ2v) is 4.06. The van der Waals surface area contributed by atoms with Crippen LogP contribution in [-0.4, -0.2) is 6.04 Å². The topological polar surface area (TPSA) is 35.8 Å². The van der Waals surface area contributed by atoms with Crippen LogP contribution in [0.5, 0.6) is 0 Å². The zero-order valence-corrected chi connectivity index (χ0v) is 9.60. The number of hydrogen-bond acceptors (Lipinski definition) is 2. The first-order valence-electron chi connectivity index (χ1n) is 5.17. The summed E-state index contributed by atoms with van der Waals surface area (Å²) in [6.07, 6.45) is -4.42. The van der Waals surface area contributed by atoms with Crippen LogP contribution in [0.4, 0.5) is 13.2 Å². The van der Waals surface area contributed by atoms with E-state index in [1.54, 1.807) is 6.07 Å². The molecule has 0 amide bonds. The van der Waals surface area contributed by atoms with Gasteiger partial charge < -0.3 is 5.32 Å². The lowest BCUT2D eigenvalue weighted by atomic mass is 10.1. The van der Waals surface area contributed by atoms with E-state index in [1.807, 2.05) is 13.8 Å². The molecule has 0 unspecified atom stereocenters. The first-order chi connectivity index (χ1) is 7.82. The van der Waals surface area contributed by atoms with E-state index in [-0.39, 0.29) is 11.6 Å². The highest BCUT2D eigenvalue weighted by Crippen LogP contribution is 2.30. The van der Waals surface area contributed by atoms with Gasteiger partial charge in [-0.25, -0.2) is 0 Å². The summed E-state index contributed by atoms with van der Waals surface area (Å²) in [5.41, 5.74) is -0.289. The Morgan fingerprint density at radius 1 is 1.29 bits per heavy atom. The first-order valence-corrected chi connectivity index (χ1v) is 5.17. The number of nitrogens with one attached hydrogen (secondary N) is 1. The van der Waals surface area contributed by atoms with Gasteiger partial charge >= 0.3 is 6.18 Å². The summed E-state index contributed by atoms with van der Waals surface area (Å²) in [4.78, 5) is 0. The molecule has 1 aromatic carbocycles. The Kier molecular flexibility index (Phi) is 4.13. The summed E-state index contributed by atoms with van der Waals surface area (Å²) in [7, 11) is 0. The van der Waals surface area contributed by atoms with E-state index >= 15 is 0 Å². The summed E-state index contributed by atoms with van der Waals surface area (Å²) < 4.78 is 37.7. The van der Waals surface area contributed by atoms with E-state index in [1.165, 1.54) is 6.07 Å². The molecule has 5 heteroatoms. The Morgan fingerprint density at radius 2 is 1.94 bits per heavy atom. The highest BCUT2D eigenvalue weighted by molar-refractivity contribution is 5.38. The van der Waals surface area contributed by atoms with Crippen molar-refractivity contribution in [1.29, 1.82) is 5.26 Å². The minimum absolute atomic E-state index is 0.0281. The van der Waals surface area contributed by atoms with Gasteiger partial charge in [0, 0.05) is 12.6 Å². The predicted molar refractivity (Wildman–Crippen MR) is 58.1 cm³/mol. The molecule has 0 radical (unpaired) electrons. The molecule has 0 aliphatic carbocycles. The van der Waals surface area contributed by atoms with Crippen LogP contribution in [0.3, 0.4) is 0 Å². The van der Waals surface area contributed by atoms with E-state index < -0.39 is 11.7 Å². The number of halogens is 3. The molecule has 0 atom stereocenters. The highest BCUT2D eigenvalue weighted by atomic mass is 19.4. The summed E-state index contributed by atoms with van der Waals surface area (Å²) in [5, 5.41) is 11.7. The fraction of sp³-hybridized carbons (Fsp3) is 0.417. The first kappa shape index (κ1) is 13.5. The maximum atomic E-state index is 12.6. The summed E-state index contributed by atoms with van der Waals surface area (Å²) in [5.74, 6) is 0. The van der Waals surface area contributed by atoms with Crippen LogP contribution >= 0.6 is 0 Å². The molecule has 0 bridgehead atoms. The number of hydrogen-bond donors (Lipinski definition) is 1. The van der Waals surface area contributed by atoms with E-state index in [9.17, 15) is 13.2 Å². The fourth-order valence-corrected chi connectivity index (χ4v) is 1.34. The van der Waals surface area contributed by atoms with Crippen molar-refractivity contribution in [3.05, 3.63) is 34.9 Å².